The molecule has 5 heteroatoms. The smallest absolute Gasteiger partial charge is 0.131 e. The van der Waals surface area contributed by atoms with Crippen LogP contribution in [-0.4, -0.2) is 19.5 Å². The van der Waals surface area contributed by atoms with Crippen LogP contribution in [0.2, 0.25) is 0 Å². The third kappa shape index (κ3) is 7.12. The van der Waals surface area contributed by atoms with Crippen molar-refractivity contribution in [3.63, 3.8) is 0 Å². The Bertz CT molecular complexity index is 4400. The highest BCUT2D eigenvalue weighted by Crippen LogP contribution is 2.47. The van der Waals surface area contributed by atoms with Gasteiger partial charge < -0.3 is 19.4 Å². The van der Waals surface area contributed by atoms with E-state index in [2.05, 4.69) is 244 Å². The van der Waals surface area contributed by atoms with Crippen molar-refractivity contribution >= 4 is 88.2 Å². The Kier molecular flexibility index (Phi) is 10.4. The van der Waals surface area contributed by atoms with Crippen LogP contribution in [0, 0.1) is 5.92 Å². The SMILES string of the molecule is N/C(=N\C(=C/CC1C(c2ccccc2-n2c3ccccc3c3ccccc32)=CC=C1n1c2ccccc2c2cc(-c3ccc4c(c3)c3ccccc3n4-c3ccccc3)ccc21)c1ccccc1)c1ccccc1. The fraction of sp³-hybridized carbons (Fsp3) is 0.0290. The van der Waals surface area contributed by atoms with E-state index in [9.17, 15) is 0 Å². The minimum atomic E-state index is -0.0703. The lowest BCUT2D eigenvalue weighted by Crippen LogP contribution is -2.13. The third-order valence-corrected chi connectivity index (χ3v) is 15.1. The van der Waals surface area contributed by atoms with Crippen molar-refractivity contribution in [2.75, 3.05) is 0 Å². The number of hydrogen-bond donors (Lipinski definition) is 1. The Balaban J connectivity index is 0.935. The monoisotopic (exact) mass is 947 g/mol. The molecule has 1 unspecified atom stereocenters. The van der Waals surface area contributed by atoms with Gasteiger partial charge in [-0.15, -0.1) is 0 Å². The molecule has 1 atom stereocenters. The van der Waals surface area contributed by atoms with Gasteiger partial charge in [-0.05, 0) is 101 Å². The average Bonchev–Trinajstić information content (AvgIpc) is 4.22. The predicted octanol–water partition coefficient (Wildman–Crippen LogP) is 17.0. The summed E-state index contributed by atoms with van der Waals surface area (Å²) < 4.78 is 7.34. The van der Waals surface area contributed by atoms with Crippen LogP contribution in [0.4, 0.5) is 0 Å². The molecule has 0 radical (unpaired) electrons. The molecular weight excluding hydrogens is 899 g/mol. The highest BCUT2D eigenvalue weighted by molar-refractivity contribution is 6.14. The fourth-order valence-corrected chi connectivity index (χ4v) is 11.7. The molecule has 1 aliphatic rings. The molecular formula is C69H49N5. The minimum Gasteiger partial charge on any atom is -0.383 e. The van der Waals surface area contributed by atoms with Gasteiger partial charge in [-0.25, -0.2) is 4.99 Å². The summed E-state index contributed by atoms with van der Waals surface area (Å²) in [6, 6.07) is 89.2. The largest absolute Gasteiger partial charge is 0.383 e. The summed E-state index contributed by atoms with van der Waals surface area (Å²) in [6.45, 7) is 0. The van der Waals surface area contributed by atoms with Gasteiger partial charge in [-0.1, -0.05) is 194 Å². The molecule has 0 amide bonds. The third-order valence-electron chi connectivity index (χ3n) is 15.1. The van der Waals surface area contributed by atoms with Crippen molar-refractivity contribution in [3.05, 3.63) is 284 Å². The summed E-state index contributed by atoms with van der Waals surface area (Å²) in [7, 11) is 0. The standard InChI is InChI=1S/C69H49N5/c70-69(47-22-6-2-7-23-47)71-60(46-20-4-1-5-21-46)40-38-57-51(52-26-10-16-32-62(52)73-63-33-17-11-27-53(63)54-28-12-18-34-64(54)73)39-43-66(57)74-65-35-19-14-30-56(65)59-45-49(37-42-68(59)74)48-36-41-67-58(44-48)55-29-13-15-31-61(55)72(67)50-24-8-3-9-25-50/h1-37,39-45,57H,38H2,(H2,70,71)/b60-40-. The number of rotatable bonds is 10. The Morgan fingerprint density at radius 3 is 1.45 bits per heavy atom. The molecule has 0 saturated heterocycles. The topological polar surface area (TPSA) is 53.2 Å². The average molecular weight is 948 g/mol. The Morgan fingerprint density at radius 2 is 0.851 bits per heavy atom. The van der Waals surface area contributed by atoms with Crippen LogP contribution in [0.15, 0.2) is 272 Å². The van der Waals surface area contributed by atoms with Gasteiger partial charge in [0.05, 0.1) is 44.5 Å². The van der Waals surface area contributed by atoms with Gasteiger partial charge >= 0.3 is 0 Å². The van der Waals surface area contributed by atoms with Crippen molar-refractivity contribution in [1.82, 2.24) is 13.7 Å². The number of aromatic nitrogens is 3. The lowest BCUT2D eigenvalue weighted by molar-refractivity contribution is 0.839. The van der Waals surface area contributed by atoms with Crippen molar-refractivity contribution in [2.24, 2.45) is 16.6 Å². The first-order chi connectivity index (χ1) is 36.7. The number of aliphatic imine (C=N–C) groups is 1. The van der Waals surface area contributed by atoms with Gasteiger partial charge in [0.2, 0.25) is 0 Å². The van der Waals surface area contributed by atoms with Crippen LogP contribution >= 0.6 is 0 Å². The number of hydrogen-bond acceptors (Lipinski definition) is 1. The summed E-state index contributed by atoms with van der Waals surface area (Å²) in [5.41, 5.74) is 25.0. The van der Waals surface area contributed by atoms with Gasteiger partial charge in [0.1, 0.15) is 5.84 Å². The van der Waals surface area contributed by atoms with E-state index in [0.717, 1.165) is 33.7 Å². The van der Waals surface area contributed by atoms with E-state index in [0.29, 0.717) is 12.3 Å². The van der Waals surface area contributed by atoms with Crippen molar-refractivity contribution < 1.29 is 0 Å². The van der Waals surface area contributed by atoms with Crippen molar-refractivity contribution in [2.45, 2.75) is 6.42 Å². The first-order valence-corrected chi connectivity index (χ1v) is 25.4. The van der Waals surface area contributed by atoms with E-state index >= 15 is 0 Å². The van der Waals surface area contributed by atoms with Gasteiger partial charge in [0.15, 0.2) is 0 Å². The van der Waals surface area contributed by atoms with E-state index < -0.39 is 0 Å². The zero-order valence-electron chi connectivity index (χ0n) is 40.6. The van der Waals surface area contributed by atoms with E-state index in [1.54, 1.807) is 0 Å². The number of allylic oxidation sites excluding steroid dienone is 5. The second-order valence-electron chi connectivity index (χ2n) is 19.2. The molecule has 14 rings (SSSR count). The molecule has 74 heavy (non-hydrogen) atoms. The van der Waals surface area contributed by atoms with Gasteiger partial charge in [-0.2, -0.15) is 0 Å². The number of amidine groups is 1. The molecule has 0 fully saturated rings. The van der Waals surface area contributed by atoms with Crippen LogP contribution in [0.3, 0.4) is 0 Å². The fourth-order valence-electron chi connectivity index (χ4n) is 11.7. The summed E-state index contributed by atoms with van der Waals surface area (Å²) in [6.07, 6.45) is 7.68. The number of para-hydroxylation sites is 6. The first-order valence-electron chi connectivity index (χ1n) is 25.4. The Morgan fingerprint density at radius 1 is 0.405 bits per heavy atom. The highest BCUT2D eigenvalue weighted by Gasteiger charge is 2.30. The van der Waals surface area contributed by atoms with Crippen LogP contribution in [0.25, 0.3) is 105 Å². The maximum Gasteiger partial charge on any atom is 0.131 e. The van der Waals surface area contributed by atoms with Crippen LogP contribution < -0.4 is 5.73 Å². The second-order valence-corrected chi connectivity index (χ2v) is 19.2. The normalized spacial score (nSPS) is 14.2. The van der Waals surface area contributed by atoms with Crippen molar-refractivity contribution in [1.29, 1.82) is 0 Å². The number of benzene rings is 10. The molecule has 0 aliphatic heterocycles. The van der Waals surface area contributed by atoms with Crippen molar-refractivity contribution in [3.8, 4) is 22.5 Å². The van der Waals surface area contributed by atoms with Gasteiger partial charge in [0, 0.05) is 60.7 Å². The predicted molar refractivity (Wildman–Crippen MR) is 312 cm³/mol. The quantitative estimate of drug-likeness (QED) is 0.108. The molecule has 13 aromatic rings. The number of fused-ring (bicyclic) bond motifs is 9. The summed E-state index contributed by atoms with van der Waals surface area (Å²) in [4.78, 5) is 5.19. The minimum absolute atomic E-state index is 0.0703. The molecule has 0 saturated carbocycles. The maximum absolute atomic E-state index is 6.84. The van der Waals surface area contributed by atoms with E-state index in [1.165, 1.54) is 87.9 Å². The summed E-state index contributed by atoms with van der Waals surface area (Å²) in [5.74, 6) is 0.411. The molecule has 350 valence electrons. The highest BCUT2D eigenvalue weighted by atomic mass is 15.0. The molecule has 1 aliphatic carbocycles. The van der Waals surface area contributed by atoms with Gasteiger partial charge in [0.25, 0.3) is 0 Å². The maximum atomic E-state index is 6.84. The molecule has 10 aromatic carbocycles. The number of nitrogens with two attached hydrogens (primary N) is 1. The summed E-state index contributed by atoms with van der Waals surface area (Å²) >= 11 is 0. The lowest BCUT2D eigenvalue weighted by Gasteiger charge is -2.24. The molecule has 5 nitrogen and oxygen atoms in total. The van der Waals surface area contributed by atoms with Crippen LogP contribution in [0.1, 0.15) is 23.1 Å². The van der Waals surface area contributed by atoms with E-state index in [1.807, 2.05) is 36.4 Å². The number of nitrogens with zero attached hydrogens (tertiary/aromatic N) is 4. The lowest BCUT2D eigenvalue weighted by atomic mass is 9.88. The molecule has 2 N–H and O–H groups in total. The molecule has 3 aromatic heterocycles. The second kappa shape index (κ2) is 17.9. The first kappa shape index (κ1) is 43.1. The zero-order chi connectivity index (χ0) is 49.1. The Hall–Kier alpha value is -9.71. The summed E-state index contributed by atoms with van der Waals surface area (Å²) in [5, 5.41) is 7.38. The van der Waals surface area contributed by atoms with Crippen LogP contribution in [0.5, 0.6) is 0 Å². The van der Waals surface area contributed by atoms with E-state index in [4.69, 9.17) is 10.7 Å². The Labute approximate surface area is 429 Å². The molecule has 0 spiro atoms. The van der Waals surface area contributed by atoms with Gasteiger partial charge in [-0.3, -0.25) is 0 Å². The zero-order valence-corrected chi connectivity index (χ0v) is 40.6. The van der Waals surface area contributed by atoms with Crippen LogP contribution in [-0.2, 0) is 0 Å². The molecule has 0 bridgehead atoms. The van der Waals surface area contributed by atoms with E-state index in [-0.39, 0.29) is 5.92 Å². The molecule has 3 heterocycles.